The summed E-state index contributed by atoms with van der Waals surface area (Å²) in [6.45, 7) is 8.21. The minimum absolute atomic E-state index is 0.295. The molecular formula is C15H24N2O. The summed E-state index contributed by atoms with van der Waals surface area (Å²) in [5.41, 5.74) is 2.81. The van der Waals surface area contributed by atoms with Crippen LogP contribution in [0.15, 0.2) is 24.3 Å². The highest BCUT2D eigenvalue weighted by molar-refractivity contribution is 5.55. The van der Waals surface area contributed by atoms with Gasteiger partial charge in [0, 0.05) is 25.3 Å². The first-order valence-corrected chi connectivity index (χ1v) is 6.82. The fraction of sp³-hybridized carbons (Fsp3) is 0.600. The number of benzene rings is 1. The van der Waals surface area contributed by atoms with E-state index in [-0.39, 0.29) is 0 Å². The first-order valence-electron chi connectivity index (χ1n) is 6.82. The van der Waals surface area contributed by atoms with Gasteiger partial charge in [-0.2, -0.15) is 0 Å². The monoisotopic (exact) mass is 248 g/mol. The molecule has 0 radical (unpaired) electrons. The van der Waals surface area contributed by atoms with Gasteiger partial charge >= 0.3 is 0 Å². The second kappa shape index (κ2) is 6.21. The largest absolute Gasteiger partial charge is 0.373 e. The van der Waals surface area contributed by atoms with Crippen LogP contribution in [0.4, 0.5) is 5.69 Å². The normalized spacial score (nSPS) is 20.4. The molecule has 3 heteroatoms. The van der Waals surface area contributed by atoms with Gasteiger partial charge in [0.15, 0.2) is 0 Å². The second-order valence-electron chi connectivity index (χ2n) is 5.21. The molecular weight excluding hydrogens is 224 g/mol. The van der Waals surface area contributed by atoms with Gasteiger partial charge < -0.3 is 15.0 Å². The van der Waals surface area contributed by atoms with Crippen LogP contribution in [-0.2, 0) is 4.74 Å². The lowest BCUT2D eigenvalue weighted by molar-refractivity contribution is 0.0421. The van der Waals surface area contributed by atoms with Crippen LogP contribution in [0.5, 0.6) is 0 Å². The molecule has 0 amide bonds. The number of ether oxygens (including phenoxy) is 1. The van der Waals surface area contributed by atoms with Crippen molar-refractivity contribution in [2.24, 2.45) is 0 Å². The van der Waals surface area contributed by atoms with Crippen molar-refractivity contribution < 1.29 is 4.74 Å². The highest BCUT2D eigenvalue weighted by Gasteiger charge is 2.22. The number of nitrogens with one attached hydrogen (secondary N) is 1. The zero-order valence-corrected chi connectivity index (χ0v) is 11.6. The number of likely N-dealkylation sites (N-methyl/N-ethyl adjacent to an activating group) is 1. The molecule has 1 aliphatic rings. The van der Waals surface area contributed by atoms with Crippen molar-refractivity contribution in [1.82, 2.24) is 5.32 Å². The van der Waals surface area contributed by atoms with Crippen LogP contribution in [0, 0.1) is 0 Å². The molecule has 0 saturated carbocycles. The Kier molecular flexibility index (Phi) is 4.61. The smallest absolute Gasteiger partial charge is 0.0874 e. The lowest BCUT2D eigenvalue weighted by atomic mass is 10.00. The van der Waals surface area contributed by atoms with Crippen molar-refractivity contribution in [1.29, 1.82) is 0 Å². The average molecular weight is 248 g/mol. The Morgan fingerprint density at radius 2 is 2.17 bits per heavy atom. The van der Waals surface area contributed by atoms with Crippen LogP contribution in [0.1, 0.15) is 25.3 Å². The molecule has 1 atom stereocenters. The third-order valence-electron chi connectivity index (χ3n) is 3.47. The van der Waals surface area contributed by atoms with Crippen molar-refractivity contribution in [2.75, 3.05) is 38.2 Å². The van der Waals surface area contributed by atoms with Crippen LogP contribution in [-0.4, -0.2) is 39.4 Å². The molecule has 1 saturated heterocycles. The number of para-hydroxylation sites is 1. The topological polar surface area (TPSA) is 24.5 Å². The van der Waals surface area contributed by atoms with E-state index in [9.17, 15) is 0 Å². The highest BCUT2D eigenvalue weighted by Crippen LogP contribution is 2.28. The van der Waals surface area contributed by atoms with Gasteiger partial charge in [-0.1, -0.05) is 32.0 Å². The molecule has 1 fully saturated rings. The molecule has 1 aliphatic heterocycles. The van der Waals surface area contributed by atoms with E-state index in [0.717, 1.165) is 26.2 Å². The summed E-state index contributed by atoms with van der Waals surface area (Å²) < 4.78 is 5.77. The maximum Gasteiger partial charge on any atom is 0.0874 e. The van der Waals surface area contributed by atoms with Crippen molar-refractivity contribution >= 4 is 5.69 Å². The molecule has 100 valence electrons. The molecule has 1 heterocycles. The SMILES string of the molecule is CNCC1CN(c2ccccc2C(C)C)CCO1. The van der Waals surface area contributed by atoms with Crippen LogP contribution in [0.2, 0.25) is 0 Å². The summed E-state index contributed by atoms with van der Waals surface area (Å²) >= 11 is 0. The number of rotatable bonds is 4. The zero-order valence-electron chi connectivity index (χ0n) is 11.6. The summed E-state index contributed by atoms with van der Waals surface area (Å²) in [7, 11) is 1.98. The van der Waals surface area contributed by atoms with Gasteiger partial charge in [-0.3, -0.25) is 0 Å². The van der Waals surface area contributed by atoms with Gasteiger partial charge in [0.1, 0.15) is 0 Å². The molecule has 3 nitrogen and oxygen atoms in total. The third-order valence-corrected chi connectivity index (χ3v) is 3.47. The summed E-state index contributed by atoms with van der Waals surface area (Å²) in [6.07, 6.45) is 0.295. The molecule has 1 N–H and O–H groups in total. The molecule has 0 spiro atoms. The Morgan fingerprint density at radius 1 is 1.39 bits per heavy atom. The molecule has 0 aliphatic carbocycles. The average Bonchev–Trinajstić information content (AvgIpc) is 2.39. The van der Waals surface area contributed by atoms with Gasteiger partial charge in [-0.25, -0.2) is 0 Å². The molecule has 1 aromatic rings. The Hall–Kier alpha value is -1.06. The van der Waals surface area contributed by atoms with Crippen LogP contribution in [0.25, 0.3) is 0 Å². The van der Waals surface area contributed by atoms with E-state index in [1.165, 1.54) is 11.3 Å². The summed E-state index contributed by atoms with van der Waals surface area (Å²) in [4.78, 5) is 2.46. The number of hydrogen-bond acceptors (Lipinski definition) is 3. The molecule has 18 heavy (non-hydrogen) atoms. The minimum atomic E-state index is 0.295. The van der Waals surface area contributed by atoms with Gasteiger partial charge in [-0.05, 0) is 24.6 Å². The lowest BCUT2D eigenvalue weighted by Gasteiger charge is -2.36. The predicted octanol–water partition coefficient (Wildman–Crippen LogP) is 2.23. The van der Waals surface area contributed by atoms with Gasteiger partial charge in [0.05, 0.1) is 12.7 Å². The third kappa shape index (κ3) is 3.03. The van der Waals surface area contributed by atoms with Crippen LogP contribution in [0.3, 0.4) is 0 Å². The van der Waals surface area contributed by atoms with Crippen LogP contribution < -0.4 is 10.2 Å². The van der Waals surface area contributed by atoms with Crippen LogP contribution >= 0.6 is 0 Å². The Bertz CT molecular complexity index is 377. The molecule has 1 unspecified atom stereocenters. The van der Waals surface area contributed by atoms with Crippen molar-refractivity contribution in [3.05, 3.63) is 29.8 Å². The first-order chi connectivity index (χ1) is 8.72. The maximum atomic E-state index is 5.77. The highest BCUT2D eigenvalue weighted by atomic mass is 16.5. The summed E-state index contributed by atoms with van der Waals surface area (Å²) in [5, 5.41) is 3.20. The first kappa shape index (κ1) is 13.4. The number of anilines is 1. The van der Waals surface area contributed by atoms with Gasteiger partial charge in [0.2, 0.25) is 0 Å². The Labute approximate surface area is 110 Å². The molecule has 2 rings (SSSR count). The van der Waals surface area contributed by atoms with Crippen molar-refractivity contribution in [3.8, 4) is 0 Å². The lowest BCUT2D eigenvalue weighted by Crippen LogP contribution is -2.46. The maximum absolute atomic E-state index is 5.77. The van der Waals surface area contributed by atoms with E-state index in [0.29, 0.717) is 12.0 Å². The fourth-order valence-corrected chi connectivity index (χ4v) is 2.55. The van der Waals surface area contributed by atoms with E-state index in [1.54, 1.807) is 0 Å². The number of hydrogen-bond donors (Lipinski definition) is 1. The quantitative estimate of drug-likeness (QED) is 0.884. The van der Waals surface area contributed by atoms with Crippen molar-refractivity contribution in [2.45, 2.75) is 25.9 Å². The van der Waals surface area contributed by atoms with Gasteiger partial charge in [-0.15, -0.1) is 0 Å². The standard InChI is InChI=1S/C15H24N2O/c1-12(2)14-6-4-5-7-15(14)17-8-9-18-13(11-17)10-16-3/h4-7,12-13,16H,8-11H2,1-3H3. The predicted molar refractivity (Wildman–Crippen MR) is 76.4 cm³/mol. The van der Waals surface area contributed by atoms with E-state index < -0.39 is 0 Å². The van der Waals surface area contributed by atoms with E-state index in [2.05, 4.69) is 48.3 Å². The van der Waals surface area contributed by atoms with E-state index in [1.807, 2.05) is 7.05 Å². The van der Waals surface area contributed by atoms with Gasteiger partial charge in [0.25, 0.3) is 0 Å². The van der Waals surface area contributed by atoms with Crippen molar-refractivity contribution in [3.63, 3.8) is 0 Å². The fourth-order valence-electron chi connectivity index (χ4n) is 2.55. The van der Waals surface area contributed by atoms with E-state index >= 15 is 0 Å². The number of nitrogens with zero attached hydrogens (tertiary/aromatic N) is 1. The zero-order chi connectivity index (χ0) is 13.0. The molecule has 0 aromatic heterocycles. The molecule has 0 bridgehead atoms. The second-order valence-corrected chi connectivity index (χ2v) is 5.21. The Balaban J connectivity index is 2.15. The summed E-state index contributed by atoms with van der Waals surface area (Å²) in [5.74, 6) is 0.562. The Morgan fingerprint density at radius 3 is 2.89 bits per heavy atom. The van der Waals surface area contributed by atoms with E-state index in [4.69, 9.17) is 4.74 Å². The summed E-state index contributed by atoms with van der Waals surface area (Å²) in [6, 6.07) is 8.73. The number of morpholine rings is 1. The molecule has 1 aromatic carbocycles. The minimum Gasteiger partial charge on any atom is -0.373 e.